The van der Waals surface area contributed by atoms with E-state index in [1.54, 1.807) is 0 Å². The monoisotopic (exact) mass is 1070 g/mol. The standard InChI is InChI=1S/C78H65BN2O2/c1-76(2,3)50-42-61-57-32-18-22-40-69(57)82-67-38-20-16-30-55(67)59-36-24-34-53(48-26-12-10-13-27-48)72(59)80-65-46-52(78(7,8)9)47-66-71(65)79(63(44-50)74(61)80)64-45-51(77(4,5)6)43-62-58-33-19-23-41-70(58)83-68-39-21-17-31-56(68)60-37-25-35-54(49-28-14-11-15-29-49)73(60)81(66)75(62)64/h10-47H,1-9H3. The van der Waals surface area contributed by atoms with Gasteiger partial charge >= 0.3 is 0 Å². The average molecular weight is 1070 g/mol. The second-order valence-corrected chi connectivity index (χ2v) is 26.0. The Balaban J connectivity index is 1.21. The van der Waals surface area contributed by atoms with E-state index in [1.807, 2.05) is 0 Å². The van der Waals surface area contributed by atoms with Crippen LogP contribution in [0.1, 0.15) is 79.0 Å². The van der Waals surface area contributed by atoms with Crippen molar-refractivity contribution in [2.45, 2.75) is 78.6 Å². The minimum absolute atomic E-state index is 0.244. The highest BCUT2D eigenvalue weighted by atomic mass is 16.5. The third-order valence-electron chi connectivity index (χ3n) is 17.7. The van der Waals surface area contributed by atoms with Gasteiger partial charge in [0.15, 0.2) is 0 Å². The van der Waals surface area contributed by atoms with Crippen LogP contribution in [0, 0.1) is 0 Å². The van der Waals surface area contributed by atoms with Gasteiger partial charge in [-0.15, -0.1) is 0 Å². The maximum Gasteiger partial charge on any atom is 0.252 e. The largest absolute Gasteiger partial charge is 0.456 e. The Bertz CT molecular complexity index is 4190. The van der Waals surface area contributed by atoms with E-state index in [2.05, 4.69) is 303 Å². The van der Waals surface area contributed by atoms with Gasteiger partial charge in [0, 0.05) is 78.4 Å². The molecular weight excluding hydrogens is 1010 g/mol. The van der Waals surface area contributed by atoms with Gasteiger partial charge in [0.25, 0.3) is 6.71 Å². The van der Waals surface area contributed by atoms with E-state index < -0.39 is 0 Å². The number of ether oxygens (including phenoxy) is 2. The van der Waals surface area contributed by atoms with Crippen LogP contribution in [0.3, 0.4) is 0 Å². The zero-order chi connectivity index (χ0) is 56.7. The first-order valence-electron chi connectivity index (χ1n) is 29.4. The van der Waals surface area contributed by atoms with Gasteiger partial charge in [-0.3, -0.25) is 0 Å². The van der Waals surface area contributed by atoms with E-state index in [4.69, 9.17) is 9.47 Å². The van der Waals surface area contributed by atoms with Crippen LogP contribution in [-0.4, -0.2) is 6.71 Å². The molecule has 0 saturated carbocycles. The van der Waals surface area contributed by atoms with Crippen molar-refractivity contribution in [1.29, 1.82) is 0 Å². The maximum atomic E-state index is 7.36. The minimum atomic E-state index is -0.294. The Morgan fingerprint density at radius 3 is 0.940 bits per heavy atom. The number of hydrogen-bond donors (Lipinski definition) is 0. The molecule has 0 N–H and O–H groups in total. The Morgan fingerprint density at radius 1 is 0.277 bits per heavy atom. The van der Waals surface area contributed by atoms with Gasteiger partial charge in [-0.05, 0) is 109 Å². The van der Waals surface area contributed by atoms with E-state index >= 15 is 0 Å². The molecule has 4 aliphatic rings. The van der Waals surface area contributed by atoms with E-state index in [0.29, 0.717) is 0 Å². The Kier molecular flexibility index (Phi) is 11.3. The fourth-order valence-corrected chi connectivity index (χ4v) is 13.5. The van der Waals surface area contributed by atoms with Crippen LogP contribution in [-0.2, 0) is 16.2 Å². The lowest BCUT2D eigenvalue weighted by Crippen LogP contribution is -2.62. The van der Waals surface area contributed by atoms with Crippen molar-refractivity contribution in [2.24, 2.45) is 0 Å². The Hall–Kier alpha value is -9.32. The van der Waals surface area contributed by atoms with Gasteiger partial charge in [0.2, 0.25) is 0 Å². The third-order valence-corrected chi connectivity index (χ3v) is 17.7. The number of benzene rings is 11. The highest BCUT2D eigenvalue weighted by Gasteiger charge is 2.49. The van der Waals surface area contributed by atoms with Gasteiger partial charge in [0.1, 0.15) is 23.0 Å². The molecule has 83 heavy (non-hydrogen) atoms. The number of nitrogens with zero attached hydrogens (tertiary/aromatic N) is 2. The van der Waals surface area contributed by atoms with Crippen LogP contribution >= 0.6 is 0 Å². The van der Waals surface area contributed by atoms with Crippen LogP contribution in [0.25, 0.3) is 66.8 Å². The van der Waals surface area contributed by atoms with E-state index in [9.17, 15) is 0 Å². The lowest BCUT2D eigenvalue weighted by atomic mass is 9.32. The number of hydrogen-bond acceptors (Lipinski definition) is 4. The molecule has 0 saturated heterocycles. The highest BCUT2D eigenvalue weighted by molar-refractivity contribution is 7.00. The molecule has 5 heteroatoms. The molecule has 4 aliphatic heterocycles. The van der Waals surface area contributed by atoms with E-state index in [1.165, 1.54) is 33.1 Å². The van der Waals surface area contributed by atoms with Gasteiger partial charge in [-0.25, -0.2) is 0 Å². The average Bonchev–Trinajstić information content (AvgIpc) is 2.50. The molecule has 0 bridgehead atoms. The molecule has 15 rings (SSSR count). The molecule has 4 heterocycles. The van der Waals surface area contributed by atoms with Crippen molar-refractivity contribution < 1.29 is 9.47 Å². The normalized spacial score (nSPS) is 13.5. The molecule has 0 radical (unpaired) electrons. The first-order valence-corrected chi connectivity index (χ1v) is 29.4. The summed E-state index contributed by atoms with van der Waals surface area (Å²) in [5.74, 6) is 3.24. The highest BCUT2D eigenvalue weighted by Crippen LogP contribution is 2.59. The molecule has 0 amide bonds. The van der Waals surface area contributed by atoms with Crippen molar-refractivity contribution in [1.82, 2.24) is 0 Å². The van der Waals surface area contributed by atoms with Gasteiger partial charge in [-0.1, -0.05) is 244 Å². The topological polar surface area (TPSA) is 24.9 Å². The number of para-hydroxylation sites is 6. The van der Waals surface area contributed by atoms with Crippen molar-refractivity contribution >= 4 is 57.2 Å². The Morgan fingerprint density at radius 2 is 0.578 bits per heavy atom. The zero-order valence-corrected chi connectivity index (χ0v) is 48.7. The fourth-order valence-electron chi connectivity index (χ4n) is 13.5. The van der Waals surface area contributed by atoms with Crippen LogP contribution in [0.4, 0.5) is 34.1 Å². The van der Waals surface area contributed by atoms with Crippen LogP contribution in [0.15, 0.2) is 231 Å². The quantitative estimate of drug-likeness (QED) is 0.161. The van der Waals surface area contributed by atoms with Crippen molar-refractivity contribution in [2.75, 3.05) is 9.80 Å². The molecule has 11 aromatic rings. The summed E-state index contributed by atoms with van der Waals surface area (Å²) >= 11 is 0. The predicted octanol–water partition coefficient (Wildman–Crippen LogP) is 19.9. The molecule has 0 fully saturated rings. The summed E-state index contributed by atoms with van der Waals surface area (Å²) in [6, 6.07) is 85.7. The number of fused-ring (bicyclic) bond motifs is 16. The van der Waals surface area contributed by atoms with Gasteiger partial charge in [0.05, 0.1) is 11.4 Å². The van der Waals surface area contributed by atoms with Crippen LogP contribution in [0.2, 0.25) is 0 Å². The van der Waals surface area contributed by atoms with Gasteiger partial charge in [-0.2, -0.15) is 0 Å². The van der Waals surface area contributed by atoms with Crippen LogP contribution in [0.5, 0.6) is 23.0 Å². The second kappa shape index (κ2) is 18.6. The summed E-state index contributed by atoms with van der Waals surface area (Å²) in [5, 5.41) is 0. The molecule has 0 unspecified atom stereocenters. The van der Waals surface area contributed by atoms with E-state index in [0.717, 1.165) is 124 Å². The molecule has 0 atom stereocenters. The summed E-state index contributed by atoms with van der Waals surface area (Å²) in [7, 11) is 0. The first kappa shape index (κ1) is 50.6. The maximum absolute atomic E-state index is 7.36. The molecule has 0 aliphatic carbocycles. The summed E-state index contributed by atoms with van der Waals surface area (Å²) in [5.41, 5.74) is 26.7. The molecule has 0 aromatic heterocycles. The second-order valence-electron chi connectivity index (χ2n) is 26.0. The molecular formula is C78H65BN2O2. The van der Waals surface area contributed by atoms with Crippen LogP contribution < -0.4 is 35.7 Å². The van der Waals surface area contributed by atoms with E-state index in [-0.39, 0.29) is 23.0 Å². The lowest BCUT2D eigenvalue weighted by Gasteiger charge is -2.48. The first-order chi connectivity index (χ1) is 40.1. The summed E-state index contributed by atoms with van der Waals surface area (Å²) in [4.78, 5) is 5.42. The zero-order valence-electron chi connectivity index (χ0n) is 48.7. The van der Waals surface area contributed by atoms with Crippen molar-refractivity contribution in [3.8, 4) is 89.8 Å². The van der Waals surface area contributed by atoms with Crippen molar-refractivity contribution in [3.63, 3.8) is 0 Å². The molecule has 11 aromatic carbocycles. The number of rotatable bonds is 2. The van der Waals surface area contributed by atoms with Gasteiger partial charge < -0.3 is 19.3 Å². The molecule has 4 nitrogen and oxygen atoms in total. The third kappa shape index (κ3) is 8.03. The molecule has 0 spiro atoms. The summed E-state index contributed by atoms with van der Waals surface area (Å²) < 4.78 is 14.7. The minimum Gasteiger partial charge on any atom is -0.456 e. The molecule has 402 valence electrons. The van der Waals surface area contributed by atoms with Crippen molar-refractivity contribution in [3.05, 3.63) is 247 Å². The SMILES string of the molecule is CC(C)(C)c1cc2c3c(c1)-c1ccccc1Oc1ccccc1-c1cccc(-c4ccccc4)c1N3c1cc(C(C)(C)C)cc3c1B2c1cc(C(C)(C)C)cc2c1N3c1c(-c3ccccc3)cccc1-c1ccccc1Oc1ccccc1-2. The lowest BCUT2D eigenvalue weighted by molar-refractivity contribution is 0.486. The predicted molar refractivity (Wildman–Crippen MR) is 349 cm³/mol. The number of anilines is 6. The fraction of sp³-hybridized carbons (Fsp3) is 0.154. The smallest absolute Gasteiger partial charge is 0.252 e. The summed E-state index contributed by atoms with van der Waals surface area (Å²) in [6.07, 6.45) is 0. The Labute approximate surface area is 489 Å². The summed E-state index contributed by atoms with van der Waals surface area (Å²) in [6.45, 7) is 21.0.